The molecule has 0 saturated heterocycles. The molecule has 3 N–H and O–H groups in total. The molecule has 3 aromatic rings. The average Bonchev–Trinajstić information content (AvgIpc) is 3.06. The summed E-state index contributed by atoms with van der Waals surface area (Å²) < 4.78 is 7.78. The lowest BCUT2D eigenvalue weighted by atomic mass is 10.1. The first kappa shape index (κ1) is 24.7. The summed E-state index contributed by atoms with van der Waals surface area (Å²) in [6, 6.07) is 16.9. The summed E-state index contributed by atoms with van der Waals surface area (Å²) in [6.07, 6.45) is 3.54. The minimum absolute atomic E-state index is 0.558. The van der Waals surface area contributed by atoms with Gasteiger partial charge in [-0.1, -0.05) is 31.5 Å². The van der Waals surface area contributed by atoms with Crippen molar-refractivity contribution in [2.75, 3.05) is 13.7 Å². The van der Waals surface area contributed by atoms with E-state index in [1.165, 1.54) is 40.7 Å². The average molecular weight is 439 g/mol. The summed E-state index contributed by atoms with van der Waals surface area (Å²) in [5, 5.41) is 20.5. The molecule has 0 aliphatic rings. The number of para-hydroxylation sites is 1. The highest BCUT2D eigenvalue weighted by molar-refractivity contribution is 5.90. The summed E-state index contributed by atoms with van der Waals surface area (Å²) in [7, 11) is 1.72. The second-order valence-corrected chi connectivity index (χ2v) is 7.16. The van der Waals surface area contributed by atoms with Gasteiger partial charge in [-0.2, -0.15) is 0 Å². The van der Waals surface area contributed by atoms with E-state index >= 15 is 0 Å². The summed E-state index contributed by atoms with van der Waals surface area (Å²) in [6.45, 7) is 6.36. The Morgan fingerprint density at radius 3 is 2.28 bits per heavy atom. The van der Waals surface area contributed by atoms with Crippen molar-refractivity contribution in [3.8, 4) is 11.4 Å². The molecule has 0 amide bonds. The smallest absolute Gasteiger partial charge is 0.328 e. The van der Waals surface area contributed by atoms with Crippen LogP contribution < -0.4 is 10.1 Å². The molecular weight excluding hydrogens is 408 g/mol. The fraction of sp³-hybridized carbons (Fsp3) is 0.280. The number of carboxylic acid groups (broad SMARTS) is 2. The van der Waals surface area contributed by atoms with Crippen LogP contribution in [0, 0.1) is 6.92 Å². The molecule has 0 aliphatic carbocycles. The van der Waals surface area contributed by atoms with E-state index in [0.717, 1.165) is 18.8 Å². The lowest BCUT2D eigenvalue weighted by molar-refractivity contribution is -0.134. The lowest BCUT2D eigenvalue weighted by Crippen LogP contribution is -2.15. The van der Waals surface area contributed by atoms with E-state index in [-0.39, 0.29) is 0 Å². The van der Waals surface area contributed by atoms with Gasteiger partial charge in [-0.15, -0.1) is 0 Å². The number of hydrogen-bond donors (Lipinski definition) is 3. The van der Waals surface area contributed by atoms with Crippen LogP contribution >= 0.6 is 0 Å². The van der Waals surface area contributed by atoms with E-state index in [0.29, 0.717) is 12.2 Å². The molecule has 0 spiro atoms. The van der Waals surface area contributed by atoms with Gasteiger partial charge in [-0.05, 0) is 55.8 Å². The van der Waals surface area contributed by atoms with Crippen molar-refractivity contribution in [2.45, 2.75) is 33.2 Å². The van der Waals surface area contributed by atoms with Gasteiger partial charge in [0.15, 0.2) is 0 Å². The first-order chi connectivity index (χ1) is 15.4. The molecule has 0 bridgehead atoms. The van der Waals surface area contributed by atoms with Gasteiger partial charge in [-0.3, -0.25) is 0 Å². The normalized spacial score (nSPS) is 10.7. The van der Waals surface area contributed by atoms with Crippen molar-refractivity contribution in [2.24, 2.45) is 0 Å². The molecule has 7 nitrogen and oxygen atoms in total. The minimum Gasteiger partial charge on any atom is -0.497 e. The fourth-order valence-electron chi connectivity index (χ4n) is 3.38. The van der Waals surface area contributed by atoms with Crippen LogP contribution in [-0.2, 0) is 16.1 Å². The van der Waals surface area contributed by atoms with Gasteiger partial charge in [0.2, 0.25) is 0 Å². The SMILES string of the molecule is CCCCNCc1c(C)n(-c2ccccc2)c2ccc(OC)cc12.O=C(O)/C=C\C(=O)O. The van der Waals surface area contributed by atoms with Crippen LogP contribution in [0.2, 0.25) is 0 Å². The van der Waals surface area contributed by atoms with E-state index in [4.69, 9.17) is 14.9 Å². The number of aromatic nitrogens is 1. The Bertz CT molecular complexity index is 1050. The van der Waals surface area contributed by atoms with Gasteiger partial charge in [-0.25, -0.2) is 9.59 Å². The summed E-state index contributed by atoms with van der Waals surface area (Å²) >= 11 is 0. The van der Waals surface area contributed by atoms with Crippen LogP contribution in [0.5, 0.6) is 5.75 Å². The van der Waals surface area contributed by atoms with Crippen LogP contribution in [-0.4, -0.2) is 40.4 Å². The Balaban J connectivity index is 0.000000390. The number of nitrogens with one attached hydrogen (secondary N) is 1. The van der Waals surface area contributed by atoms with Gasteiger partial charge >= 0.3 is 11.9 Å². The first-order valence-corrected chi connectivity index (χ1v) is 10.5. The molecular formula is C25H30N2O5. The van der Waals surface area contributed by atoms with Crippen molar-refractivity contribution < 1.29 is 24.5 Å². The van der Waals surface area contributed by atoms with Crippen molar-refractivity contribution in [3.63, 3.8) is 0 Å². The van der Waals surface area contributed by atoms with Gasteiger partial charge < -0.3 is 24.8 Å². The molecule has 32 heavy (non-hydrogen) atoms. The summed E-state index contributed by atoms with van der Waals surface area (Å²) in [5.74, 6) is -1.61. The number of methoxy groups -OCH3 is 1. The Morgan fingerprint density at radius 1 is 1.06 bits per heavy atom. The molecule has 1 aromatic heterocycles. The van der Waals surface area contributed by atoms with Crippen LogP contribution in [0.15, 0.2) is 60.7 Å². The quantitative estimate of drug-likeness (QED) is 0.335. The number of aliphatic carboxylic acids is 2. The molecule has 3 rings (SSSR count). The number of unbranched alkanes of at least 4 members (excludes halogenated alkanes) is 1. The number of carboxylic acids is 2. The maximum Gasteiger partial charge on any atom is 0.328 e. The van der Waals surface area contributed by atoms with Crippen molar-refractivity contribution >= 4 is 22.8 Å². The maximum absolute atomic E-state index is 9.55. The largest absolute Gasteiger partial charge is 0.497 e. The molecule has 2 aromatic carbocycles. The summed E-state index contributed by atoms with van der Waals surface area (Å²) in [5.41, 5.74) is 5.06. The van der Waals surface area contributed by atoms with Crippen LogP contribution in [0.1, 0.15) is 31.0 Å². The number of fused-ring (bicyclic) bond motifs is 1. The standard InChI is InChI=1S/C21H26N2O.C4H4O4/c1-4-5-13-22-15-20-16(2)23(17-9-7-6-8-10-17)21-12-11-18(24-3)14-19(20)21;5-3(6)1-2-4(7)8/h6-12,14,22H,4-5,13,15H2,1-3H3;1-2H,(H,5,6)(H,7,8)/b;2-1-. The van der Waals surface area contributed by atoms with Crippen molar-refractivity contribution in [3.05, 3.63) is 71.9 Å². The van der Waals surface area contributed by atoms with Crippen molar-refractivity contribution in [1.29, 1.82) is 0 Å². The number of benzene rings is 2. The lowest BCUT2D eigenvalue weighted by Gasteiger charge is -2.09. The molecule has 7 heteroatoms. The second-order valence-electron chi connectivity index (χ2n) is 7.16. The highest BCUT2D eigenvalue weighted by Crippen LogP contribution is 2.31. The fourth-order valence-corrected chi connectivity index (χ4v) is 3.38. The zero-order valence-corrected chi connectivity index (χ0v) is 18.7. The molecule has 0 aliphatic heterocycles. The third kappa shape index (κ3) is 6.72. The van der Waals surface area contributed by atoms with E-state index in [9.17, 15) is 9.59 Å². The third-order valence-electron chi connectivity index (χ3n) is 4.93. The number of nitrogens with zero attached hydrogens (tertiary/aromatic N) is 1. The first-order valence-electron chi connectivity index (χ1n) is 10.5. The van der Waals surface area contributed by atoms with Crippen LogP contribution in [0.3, 0.4) is 0 Å². The molecule has 0 unspecified atom stereocenters. The zero-order chi connectivity index (χ0) is 23.5. The Hall–Kier alpha value is -3.58. The molecule has 1 heterocycles. The number of rotatable bonds is 9. The van der Waals surface area contributed by atoms with Crippen LogP contribution in [0.25, 0.3) is 16.6 Å². The predicted molar refractivity (Wildman–Crippen MR) is 126 cm³/mol. The number of carbonyl (C=O) groups is 2. The number of hydrogen-bond acceptors (Lipinski definition) is 4. The third-order valence-corrected chi connectivity index (χ3v) is 4.93. The molecule has 170 valence electrons. The maximum atomic E-state index is 9.55. The van der Waals surface area contributed by atoms with Gasteiger partial charge in [0.05, 0.1) is 12.6 Å². The second kappa shape index (κ2) is 12.3. The highest BCUT2D eigenvalue weighted by atomic mass is 16.5. The van der Waals surface area contributed by atoms with Gasteiger partial charge in [0.25, 0.3) is 0 Å². The zero-order valence-electron chi connectivity index (χ0n) is 18.7. The van der Waals surface area contributed by atoms with Crippen LogP contribution in [0.4, 0.5) is 0 Å². The monoisotopic (exact) mass is 438 g/mol. The van der Waals surface area contributed by atoms with E-state index in [2.05, 4.69) is 66.2 Å². The van der Waals surface area contributed by atoms with E-state index < -0.39 is 11.9 Å². The topological polar surface area (TPSA) is 101 Å². The van der Waals surface area contributed by atoms with E-state index in [1.807, 2.05) is 6.07 Å². The molecule has 0 atom stereocenters. The Morgan fingerprint density at radius 2 is 1.72 bits per heavy atom. The van der Waals surface area contributed by atoms with E-state index in [1.54, 1.807) is 7.11 Å². The predicted octanol–water partition coefficient (Wildman–Crippen LogP) is 4.55. The Kier molecular flexibility index (Phi) is 9.50. The highest BCUT2D eigenvalue weighted by Gasteiger charge is 2.15. The molecule has 0 saturated carbocycles. The molecule has 0 fully saturated rings. The summed E-state index contributed by atoms with van der Waals surface area (Å²) in [4.78, 5) is 19.1. The molecule has 0 radical (unpaired) electrons. The van der Waals surface area contributed by atoms with Gasteiger partial charge in [0, 0.05) is 35.5 Å². The number of ether oxygens (including phenoxy) is 1. The minimum atomic E-state index is -1.26. The van der Waals surface area contributed by atoms with Gasteiger partial charge in [0.1, 0.15) is 5.75 Å². The van der Waals surface area contributed by atoms with Crippen molar-refractivity contribution in [1.82, 2.24) is 9.88 Å². The Labute approximate surface area is 187 Å².